The molecule has 140 valence electrons. The lowest BCUT2D eigenvalue weighted by Gasteiger charge is -2.11. The van der Waals surface area contributed by atoms with Gasteiger partial charge in [-0.15, -0.1) is 10.2 Å². The van der Waals surface area contributed by atoms with Crippen LogP contribution in [0.15, 0.2) is 65.9 Å². The van der Waals surface area contributed by atoms with Gasteiger partial charge < -0.3 is 10.6 Å². The summed E-state index contributed by atoms with van der Waals surface area (Å²) in [6, 6.07) is 17.9. The lowest BCUT2D eigenvalue weighted by atomic mass is 10.1. The standard InChI is InChI=1S/C20H23ClN6/c1-2-22-20(23-12-11-16-7-6-8-17(21)13-16)24-14-19-26-25-15-27(19)18-9-4-3-5-10-18/h3-10,13,15H,2,11-12,14H2,1H3,(H2,22,23,24). The molecular weight excluding hydrogens is 360 g/mol. The summed E-state index contributed by atoms with van der Waals surface area (Å²) in [6.07, 6.45) is 2.57. The Kier molecular flexibility index (Phi) is 6.82. The van der Waals surface area contributed by atoms with Crippen LogP contribution in [0, 0.1) is 0 Å². The fourth-order valence-electron chi connectivity index (χ4n) is 2.68. The summed E-state index contributed by atoms with van der Waals surface area (Å²) in [7, 11) is 0. The molecule has 0 unspecified atom stereocenters. The summed E-state index contributed by atoms with van der Waals surface area (Å²) in [5.74, 6) is 1.54. The normalized spacial score (nSPS) is 11.4. The van der Waals surface area contributed by atoms with Gasteiger partial charge in [-0.3, -0.25) is 4.57 Å². The Morgan fingerprint density at radius 2 is 1.96 bits per heavy atom. The third-order valence-corrected chi connectivity index (χ3v) is 4.21. The van der Waals surface area contributed by atoms with E-state index >= 15 is 0 Å². The Balaban J connectivity index is 1.62. The van der Waals surface area contributed by atoms with Crippen molar-refractivity contribution in [2.75, 3.05) is 13.1 Å². The van der Waals surface area contributed by atoms with Crippen LogP contribution in [0.1, 0.15) is 18.3 Å². The highest BCUT2D eigenvalue weighted by atomic mass is 35.5. The molecule has 1 aromatic heterocycles. The molecule has 0 aliphatic rings. The zero-order valence-electron chi connectivity index (χ0n) is 15.3. The number of aliphatic imine (C=N–C) groups is 1. The van der Waals surface area contributed by atoms with Gasteiger partial charge >= 0.3 is 0 Å². The van der Waals surface area contributed by atoms with E-state index in [1.807, 2.05) is 60.0 Å². The highest BCUT2D eigenvalue weighted by molar-refractivity contribution is 6.30. The van der Waals surface area contributed by atoms with E-state index in [1.54, 1.807) is 6.33 Å². The largest absolute Gasteiger partial charge is 0.357 e. The van der Waals surface area contributed by atoms with Crippen molar-refractivity contribution >= 4 is 17.6 Å². The SMILES string of the molecule is CCNC(=NCc1nncn1-c1ccccc1)NCCc1cccc(Cl)c1. The van der Waals surface area contributed by atoms with Crippen LogP contribution >= 0.6 is 11.6 Å². The van der Waals surface area contributed by atoms with Crippen LogP contribution in [0.3, 0.4) is 0 Å². The number of para-hydroxylation sites is 1. The van der Waals surface area contributed by atoms with E-state index in [0.717, 1.165) is 42.0 Å². The molecule has 0 spiro atoms. The van der Waals surface area contributed by atoms with Crippen molar-refractivity contribution in [1.29, 1.82) is 0 Å². The zero-order chi connectivity index (χ0) is 18.9. The molecular formula is C20H23ClN6. The van der Waals surface area contributed by atoms with Crippen LogP contribution in [0.5, 0.6) is 0 Å². The van der Waals surface area contributed by atoms with E-state index in [2.05, 4.69) is 31.9 Å². The van der Waals surface area contributed by atoms with Gasteiger partial charge in [0.25, 0.3) is 0 Å². The molecule has 0 saturated heterocycles. The van der Waals surface area contributed by atoms with Gasteiger partial charge in [0.05, 0.1) is 0 Å². The van der Waals surface area contributed by atoms with Crippen LogP contribution in [0.2, 0.25) is 5.02 Å². The quantitative estimate of drug-likeness (QED) is 0.486. The molecule has 1 heterocycles. The van der Waals surface area contributed by atoms with Crippen LogP contribution in [0.25, 0.3) is 5.69 Å². The second-order valence-corrected chi connectivity index (χ2v) is 6.39. The van der Waals surface area contributed by atoms with Crippen molar-refractivity contribution in [3.05, 3.63) is 77.3 Å². The third kappa shape index (κ3) is 5.56. The Hall–Kier alpha value is -2.86. The number of guanidine groups is 1. The fraction of sp³-hybridized carbons (Fsp3) is 0.250. The minimum atomic E-state index is 0.432. The molecule has 0 aliphatic heterocycles. The van der Waals surface area contributed by atoms with E-state index < -0.39 is 0 Å². The maximum absolute atomic E-state index is 6.04. The number of hydrogen-bond acceptors (Lipinski definition) is 3. The Labute approximate surface area is 164 Å². The van der Waals surface area contributed by atoms with Gasteiger partial charge in [0, 0.05) is 23.8 Å². The lowest BCUT2D eigenvalue weighted by Crippen LogP contribution is -2.38. The minimum absolute atomic E-state index is 0.432. The molecule has 2 N–H and O–H groups in total. The number of nitrogens with zero attached hydrogens (tertiary/aromatic N) is 4. The number of rotatable bonds is 7. The number of aromatic nitrogens is 3. The minimum Gasteiger partial charge on any atom is -0.357 e. The number of benzene rings is 2. The predicted molar refractivity (Wildman–Crippen MR) is 109 cm³/mol. The summed E-state index contributed by atoms with van der Waals surface area (Å²) in [4.78, 5) is 4.64. The summed E-state index contributed by atoms with van der Waals surface area (Å²) in [5, 5.41) is 15.6. The highest BCUT2D eigenvalue weighted by Gasteiger charge is 2.06. The molecule has 3 rings (SSSR count). The molecule has 7 heteroatoms. The van der Waals surface area contributed by atoms with Crippen molar-refractivity contribution in [3.8, 4) is 5.69 Å². The van der Waals surface area contributed by atoms with Gasteiger partial charge in [-0.2, -0.15) is 0 Å². The number of halogens is 1. The van der Waals surface area contributed by atoms with Gasteiger partial charge in [-0.05, 0) is 43.2 Å². The van der Waals surface area contributed by atoms with Crippen molar-refractivity contribution in [1.82, 2.24) is 25.4 Å². The first-order valence-electron chi connectivity index (χ1n) is 8.97. The Morgan fingerprint density at radius 3 is 2.74 bits per heavy atom. The molecule has 0 bridgehead atoms. The monoisotopic (exact) mass is 382 g/mol. The van der Waals surface area contributed by atoms with Gasteiger partial charge in [0.2, 0.25) is 0 Å². The van der Waals surface area contributed by atoms with Crippen molar-refractivity contribution in [2.24, 2.45) is 4.99 Å². The highest BCUT2D eigenvalue weighted by Crippen LogP contribution is 2.11. The molecule has 0 saturated carbocycles. The summed E-state index contributed by atoms with van der Waals surface area (Å²) < 4.78 is 1.94. The first kappa shape index (κ1) is 18.9. The van der Waals surface area contributed by atoms with Gasteiger partial charge in [0.15, 0.2) is 11.8 Å². The number of nitrogens with one attached hydrogen (secondary N) is 2. The van der Waals surface area contributed by atoms with E-state index in [0.29, 0.717) is 6.54 Å². The van der Waals surface area contributed by atoms with Crippen LogP contribution in [0.4, 0.5) is 0 Å². The van der Waals surface area contributed by atoms with Crippen molar-refractivity contribution in [2.45, 2.75) is 19.9 Å². The van der Waals surface area contributed by atoms with E-state index in [4.69, 9.17) is 11.6 Å². The average molecular weight is 383 g/mol. The Bertz CT molecular complexity index is 875. The van der Waals surface area contributed by atoms with Gasteiger partial charge in [-0.1, -0.05) is 41.9 Å². The molecule has 27 heavy (non-hydrogen) atoms. The summed E-state index contributed by atoms with van der Waals surface area (Å²) >= 11 is 6.04. The smallest absolute Gasteiger partial charge is 0.191 e. The fourth-order valence-corrected chi connectivity index (χ4v) is 2.89. The Morgan fingerprint density at radius 1 is 1.11 bits per heavy atom. The summed E-state index contributed by atoms with van der Waals surface area (Å²) in [6.45, 7) is 4.02. The number of hydrogen-bond donors (Lipinski definition) is 2. The maximum Gasteiger partial charge on any atom is 0.191 e. The van der Waals surface area contributed by atoms with Gasteiger partial charge in [-0.25, -0.2) is 4.99 Å². The van der Waals surface area contributed by atoms with Gasteiger partial charge in [0.1, 0.15) is 12.9 Å². The topological polar surface area (TPSA) is 67.1 Å². The zero-order valence-corrected chi connectivity index (χ0v) is 16.0. The van der Waals surface area contributed by atoms with Crippen molar-refractivity contribution < 1.29 is 0 Å². The molecule has 0 radical (unpaired) electrons. The molecule has 0 fully saturated rings. The predicted octanol–water partition coefficient (Wildman–Crippen LogP) is 3.22. The second kappa shape index (κ2) is 9.73. The van der Waals surface area contributed by atoms with E-state index in [1.165, 1.54) is 5.56 Å². The lowest BCUT2D eigenvalue weighted by molar-refractivity contribution is 0.784. The van der Waals surface area contributed by atoms with Crippen molar-refractivity contribution in [3.63, 3.8) is 0 Å². The van der Waals surface area contributed by atoms with Crippen LogP contribution < -0.4 is 10.6 Å². The molecule has 0 aliphatic carbocycles. The van der Waals surface area contributed by atoms with Crippen LogP contribution in [-0.4, -0.2) is 33.8 Å². The molecule has 0 amide bonds. The second-order valence-electron chi connectivity index (χ2n) is 5.95. The maximum atomic E-state index is 6.04. The van der Waals surface area contributed by atoms with E-state index in [9.17, 15) is 0 Å². The summed E-state index contributed by atoms with van der Waals surface area (Å²) in [5.41, 5.74) is 2.21. The first-order valence-corrected chi connectivity index (χ1v) is 9.35. The molecule has 0 atom stereocenters. The molecule has 3 aromatic rings. The third-order valence-electron chi connectivity index (χ3n) is 3.97. The van der Waals surface area contributed by atoms with Crippen LogP contribution in [-0.2, 0) is 13.0 Å². The average Bonchev–Trinajstić information content (AvgIpc) is 3.15. The first-order chi connectivity index (χ1) is 13.3. The molecule has 2 aromatic carbocycles. The molecule has 6 nitrogen and oxygen atoms in total. The van der Waals surface area contributed by atoms with E-state index in [-0.39, 0.29) is 0 Å².